The van der Waals surface area contributed by atoms with Crippen LogP contribution in [0.1, 0.15) is 65.7 Å². The summed E-state index contributed by atoms with van der Waals surface area (Å²) < 4.78 is 5.55. The van der Waals surface area contributed by atoms with E-state index in [9.17, 15) is 4.79 Å². The molecule has 2 N–H and O–H groups in total. The molecule has 0 aliphatic heterocycles. The Morgan fingerprint density at radius 2 is 1.96 bits per heavy atom. The van der Waals surface area contributed by atoms with Crippen molar-refractivity contribution in [3.05, 3.63) is 23.4 Å². The van der Waals surface area contributed by atoms with Gasteiger partial charge in [-0.3, -0.25) is 4.79 Å². The van der Waals surface area contributed by atoms with E-state index in [4.69, 9.17) is 10.5 Å². The second-order valence-corrected chi connectivity index (χ2v) is 9.11. The summed E-state index contributed by atoms with van der Waals surface area (Å²) in [5.74, 6) is 2.05. The number of carbonyl (C=O) groups is 1. The number of carbonyl (C=O) groups excluding carboxylic acids is 1. The van der Waals surface area contributed by atoms with E-state index in [1.54, 1.807) is 5.57 Å². The predicted molar refractivity (Wildman–Crippen MR) is 94.9 cm³/mol. The van der Waals surface area contributed by atoms with Crippen molar-refractivity contribution in [3.8, 4) is 0 Å². The molecule has 1 unspecified atom stereocenters. The van der Waals surface area contributed by atoms with Gasteiger partial charge in [0.15, 0.2) is 0 Å². The van der Waals surface area contributed by atoms with Crippen LogP contribution in [0.15, 0.2) is 23.4 Å². The van der Waals surface area contributed by atoms with Crippen molar-refractivity contribution in [2.75, 3.05) is 0 Å². The molecular weight excluding hydrogens is 298 g/mol. The molecule has 4 aliphatic carbocycles. The van der Waals surface area contributed by atoms with E-state index in [2.05, 4.69) is 26.0 Å². The van der Waals surface area contributed by atoms with E-state index in [1.165, 1.54) is 39.0 Å². The van der Waals surface area contributed by atoms with Gasteiger partial charge in [0, 0.05) is 18.0 Å². The molecular formula is C21H31NO2. The lowest BCUT2D eigenvalue weighted by Crippen LogP contribution is -2.52. The quantitative estimate of drug-likeness (QED) is 0.728. The van der Waals surface area contributed by atoms with Gasteiger partial charge in [0.2, 0.25) is 0 Å². The van der Waals surface area contributed by atoms with Gasteiger partial charge in [0.25, 0.3) is 0 Å². The maximum absolute atomic E-state index is 11.3. The van der Waals surface area contributed by atoms with Crippen molar-refractivity contribution >= 4 is 5.97 Å². The highest BCUT2D eigenvalue weighted by Gasteiger charge is 2.56. The molecule has 0 aromatic heterocycles. The van der Waals surface area contributed by atoms with Crippen molar-refractivity contribution in [2.45, 2.75) is 71.8 Å². The topological polar surface area (TPSA) is 52.3 Å². The highest BCUT2D eigenvalue weighted by Crippen LogP contribution is 2.64. The fourth-order valence-electron chi connectivity index (χ4n) is 6.58. The summed E-state index contributed by atoms with van der Waals surface area (Å²) >= 11 is 0. The summed E-state index contributed by atoms with van der Waals surface area (Å²) in [5, 5.41) is 0. The monoisotopic (exact) mass is 329 g/mol. The molecule has 0 aromatic rings. The lowest BCUT2D eigenvalue weighted by atomic mass is 9.46. The van der Waals surface area contributed by atoms with Gasteiger partial charge in [-0.2, -0.15) is 0 Å². The molecule has 132 valence electrons. The maximum atomic E-state index is 11.3. The number of ether oxygens (including phenoxy) is 1. The molecule has 3 fully saturated rings. The van der Waals surface area contributed by atoms with Gasteiger partial charge in [-0.05, 0) is 74.2 Å². The minimum absolute atomic E-state index is 0.122. The van der Waals surface area contributed by atoms with Crippen LogP contribution in [0.4, 0.5) is 0 Å². The summed E-state index contributed by atoms with van der Waals surface area (Å²) in [6.45, 7) is 6.41. The molecule has 4 aliphatic rings. The van der Waals surface area contributed by atoms with Crippen molar-refractivity contribution in [1.29, 1.82) is 0 Å². The molecule has 0 saturated heterocycles. The second-order valence-electron chi connectivity index (χ2n) is 9.11. The summed E-state index contributed by atoms with van der Waals surface area (Å²) in [6.07, 6.45) is 13.0. The first-order valence-corrected chi connectivity index (χ1v) is 9.70. The Kier molecular flexibility index (Phi) is 3.63. The molecule has 0 amide bonds. The van der Waals surface area contributed by atoms with Crippen molar-refractivity contribution in [2.24, 2.45) is 34.3 Å². The zero-order valence-corrected chi connectivity index (χ0v) is 15.3. The number of fused-ring (bicyclic) bond motifs is 5. The van der Waals surface area contributed by atoms with Gasteiger partial charge in [-0.25, -0.2) is 0 Å². The average Bonchev–Trinajstić information content (AvgIpc) is 2.83. The summed E-state index contributed by atoms with van der Waals surface area (Å²) in [5.41, 5.74) is 9.54. The molecule has 3 heteroatoms. The van der Waals surface area contributed by atoms with E-state index >= 15 is 0 Å². The maximum Gasteiger partial charge on any atom is 0.302 e. The Balaban J connectivity index is 1.56. The largest absolute Gasteiger partial charge is 0.463 e. The van der Waals surface area contributed by atoms with Crippen LogP contribution in [-0.2, 0) is 9.53 Å². The molecule has 0 spiro atoms. The number of allylic oxidation sites excluding steroid dienone is 3. The van der Waals surface area contributed by atoms with Crippen molar-refractivity contribution in [3.63, 3.8) is 0 Å². The van der Waals surface area contributed by atoms with Crippen LogP contribution in [0.3, 0.4) is 0 Å². The fourth-order valence-corrected chi connectivity index (χ4v) is 6.58. The van der Waals surface area contributed by atoms with Gasteiger partial charge in [0.05, 0.1) is 0 Å². The van der Waals surface area contributed by atoms with Crippen LogP contribution in [0.2, 0.25) is 0 Å². The Labute approximate surface area is 145 Å². The normalized spacial score (nSPS) is 47.0. The van der Waals surface area contributed by atoms with Gasteiger partial charge in [-0.15, -0.1) is 0 Å². The van der Waals surface area contributed by atoms with Crippen LogP contribution < -0.4 is 5.73 Å². The molecule has 6 atom stereocenters. The minimum atomic E-state index is -0.122. The van der Waals surface area contributed by atoms with Crippen molar-refractivity contribution in [1.82, 2.24) is 0 Å². The molecule has 0 radical (unpaired) electrons. The lowest BCUT2D eigenvalue weighted by molar-refractivity contribution is -0.154. The third-order valence-electron chi connectivity index (χ3n) is 8.05. The van der Waals surface area contributed by atoms with Crippen LogP contribution in [0.25, 0.3) is 0 Å². The highest BCUT2D eigenvalue weighted by atomic mass is 16.5. The SMILES string of the molecule is CC(=O)O[C@H]1CC[C@]2(C)C3CC[C@]4(C)C(N)=CC=C4[C@@H]3CC[C@H]2C1. The van der Waals surface area contributed by atoms with E-state index in [1.807, 2.05) is 0 Å². The third kappa shape index (κ3) is 2.19. The lowest BCUT2D eigenvalue weighted by Gasteiger charge is -2.59. The number of hydrogen-bond acceptors (Lipinski definition) is 3. The molecule has 0 bridgehead atoms. The van der Waals surface area contributed by atoms with Crippen LogP contribution in [0.5, 0.6) is 0 Å². The van der Waals surface area contributed by atoms with Crippen molar-refractivity contribution < 1.29 is 9.53 Å². The Morgan fingerprint density at radius 1 is 1.17 bits per heavy atom. The average molecular weight is 329 g/mol. The summed E-state index contributed by atoms with van der Waals surface area (Å²) in [7, 11) is 0. The van der Waals surface area contributed by atoms with Gasteiger partial charge in [-0.1, -0.05) is 25.5 Å². The molecule has 3 nitrogen and oxygen atoms in total. The van der Waals surface area contributed by atoms with Crippen LogP contribution in [0, 0.1) is 28.6 Å². The zero-order chi connectivity index (χ0) is 17.1. The molecule has 0 aromatic carbocycles. The molecule has 0 heterocycles. The van der Waals surface area contributed by atoms with E-state index in [-0.39, 0.29) is 17.5 Å². The molecule has 3 saturated carbocycles. The van der Waals surface area contributed by atoms with E-state index in [0.717, 1.165) is 24.5 Å². The van der Waals surface area contributed by atoms with Gasteiger partial charge in [0.1, 0.15) is 6.10 Å². The number of rotatable bonds is 1. The zero-order valence-electron chi connectivity index (χ0n) is 15.3. The standard InChI is InChI=1S/C21H31NO2/c1-13(23)24-15-8-10-20(2)14(12-15)4-5-16-17-6-7-19(22)21(17,3)11-9-18(16)20/h6-7,14-16,18H,4-5,8-12,22H2,1-3H3/t14-,15-,16-,18?,20-,21-/m0/s1. The molecule has 24 heavy (non-hydrogen) atoms. The van der Waals surface area contributed by atoms with Gasteiger partial charge >= 0.3 is 5.97 Å². The third-order valence-corrected chi connectivity index (χ3v) is 8.05. The second kappa shape index (κ2) is 5.37. The Bertz CT molecular complexity index is 621. The smallest absolute Gasteiger partial charge is 0.302 e. The number of esters is 1. The Morgan fingerprint density at radius 3 is 2.71 bits per heavy atom. The summed E-state index contributed by atoms with van der Waals surface area (Å²) in [6, 6.07) is 0. The minimum Gasteiger partial charge on any atom is -0.463 e. The highest BCUT2D eigenvalue weighted by molar-refractivity contribution is 5.66. The van der Waals surface area contributed by atoms with E-state index < -0.39 is 0 Å². The van der Waals surface area contributed by atoms with Crippen LogP contribution in [-0.4, -0.2) is 12.1 Å². The summed E-state index contributed by atoms with van der Waals surface area (Å²) in [4.78, 5) is 11.3. The van der Waals surface area contributed by atoms with Crippen LogP contribution >= 0.6 is 0 Å². The van der Waals surface area contributed by atoms with Gasteiger partial charge < -0.3 is 10.5 Å². The Hall–Kier alpha value is -1.25. The number of hydrogen-bond donors (Lipinski definition) is 1. The predicted octanol–water partition coefficient (Wildman–Crippen LogP) is 4.33. The fraction of sp³-hybridized carbons (Fsp3) is 0.762. The first kappa shape index (κ1) is 16.2. The molecule has 4 rings (SSSR count). The number of nitrogens with two attached hydrogens (primary N) is 1. The first-order chi connectivity index (χ1) is 11.3. The first-order valence-electron chi connectivity index (χ1n) is 9.70. The van der Waals surface area contributed by atoms with E-state index in [0.29, 0.717) is 17.3 Å².